The van der Waals surface area contributed by atoms with Crippen molar-refractivity contribution in [2.75, 3.05) is 13.7 Å². The van der Waals surface area contributed by atoms with Crippen molar-refractivity contribution in [1.82, 2.24) is 5.32 Å². The van der Waals surface area contributed by atoms with Crippen LogP contribution in [-0.2, 0) is 52.2 Å². The van der Waals surface area contributed by atoms with Crippen LogP contribution in [0.1, 0.15) is 111 Å². The minimum atomic E-state index is -0.935. The summed E-state index contributed by atoms with van der Waals surface area (Å²) in [5, 5.41) is 13.8. The molecule has 0 radical (unpaired) electrons. The number of fused-ring (bicyclic) bond motifs is 6. The van der Waals surface area contributed by atoms with Crippen molar-refractivity contribution in [3.8, 4) is 0 Å². The van der Waals surface area contributed by atoms with Gasteiger partial charge in [-0.1, -0.05) is 20.1 Å². The van der Waals surface area contributed by atoms with Crippen molar-refractivity contribution in [2.45, 2.75) is 220 Å². The topological polar surface area (TPSA) is 159 Å². The number of hydrogen-bond donors (Lipinski definition) is 2. The zero-order valence-electron chi connectivity index (χ0n) is 35.6. The highest BCUT2D eigenvalue weighted by Crippen LogP contribution is 2.54. The zero-order valence-corrected chi connectivity index (χ0v) is 35.6. The van der Waals surface area contributed by atoms with Crippen molar-refractivity contribution in [3.63, 3.8) is 0 Å². The fourth-order valence-electron chi connectivity index (χ4n) is 11.8. The molecule has 14 nitrogen and oxygen atoms in total. The lowest BCUT2D eigenvalue weighted by Crippen LogP contribution is -2.61. The maximum absolute atomic E-state index is 14.2. The highest BCUT2D eigenvalue weighted by atomic mass is 16.8. The molecule has 12 bridgehead atoms. The molecule has 59 heavy (non-hydrogen) atoms. The van der Waals surface area contributed by atoms with Crippen molar-refractivity contribution in [3.05, 3.63) is 24.3 Å². The molecule has 10 fully saturated rings. The van der Waals surface area contributed by atoms with E-state index in [9.17, 15) is 14.7 Å². The molecule has 10 aliphatic rings. The van der Waals surface area contributed by atoms with Gasteiger partial charge >= 0.3 is 6.09 Å². The number of alkyl carbamates (subject to hydrolysis) is 1. The van der Waals surface area contributed by atoms with Crippen LogP contribution < -0.4 is 5.32 Å². The molecule has 0 aromatic carbocycles. The number of carbonyl (C=O) groups is 2. The number of nitrogens with one attached hydrogen (secondary N) is 1. The van der Waals surface area contributed by atoms with Crippen LogP contribution in [0.3, 0.4) is 0 Å². The molecule has 1 spiro atoms. The van der Waals surface area contributed by atoms with Gasteiger partial charge in [0.25, 0.3) is 0 Å². The molecular formula is C45H67NO13. The first kappa shape index (κ1) is 42.3. The van der Waals surface area contributed by atoms with E-state index in [2.05, 4.69) is 25.4 Å². The number of hydrogen-bond acceptors (Lipinski definition) is 13. The van der Waals surface area contributed by atoms with Crippen molar-refractivity contribution in [2.24, 2.45) is 11.8 Å². The van der Waals surface area contributed by atoms with Crippen LogP contribution in [0.15, 0.2) is 24.3 Å². The number of ketones is 1. The Labute approximate surface area is 348 Å². The lowest BCUT2D eigenvalue weighted by Gasteiger charge is -2.47. The Bertz CT molecular complexity index is 1600. The molecule has 0 aliphatic carbocycles. The number of rotatable bonds is 5. The number of aliphatic hydroxyl groups excluding tert-OH is 1. The molecule has 14 unspecified atom stereocenters. The Balaban J connectivity index is 0.955. The van der Waals surface area contributed by atoms with E-state index in [0.717, 1.165) is 49.7 Å². The summed E-state index contributed by atoms with van der Waals surface area (Å²) in [5.74, 6) is -0.821. The SMILES string of the molecule is C=C1CC2CC[C@@]34CC5OC6C(O3)[C@H]3OC(CCC3O[C@H]6C5O4)CC(=O)CC3[C@@H](OC)C(CC(O)CNC(=O)OC(C)(C)C)O[C@H]3CC3OC(CCC1O2)CC(C)C3=C. The smallest absolute Gasteiger partial charge is 0.407 e. The van der Waals surface area contributed by atoms with Gasteiger partial charge in [-0.3, -0.25) is 4.79 Å². The van der Waals surface area contributed by atoms with Gasteiger partial charge in [0.15, 0.2) is 5.79 Å². The Kier molecular flexibility index (Phi) is 11.9. The zero-order chi connectivity index (χ0) is 41.4. The van der Waals surface area contributed by atoms with Gasteiger partial charge in [0.05, 0.1) is 67.1 Å². The van der Waals surface area contributed by atoms with Crippen LogP contribution in [0.2, 0.25) is 0 Å². The molecule has 10 rings (SSSR count). The van der Waals surface area contributed by atoms with E-state index in [0.29, 0.717) is 25.7 Å². The third-order valence-corrected chi connectivity index (χ3v) is 14.6. The normalized spacial score (nSPS) is 47.7. The maximum Gasteiger partial charge on any atom is 0.407 e. The van der Waals surface area contributed by atoms with Crippen LogP contribution >= 0.6 is 0 Å². The largest absolute Gasteiger partial charge is 0.444 e. The average Bonchev–Trinajstić information content (AvgIpc) is 3.85. The van der Waals surface area contributed by atoms with Gasteiger partial charge in [-0.2, -0.15) is 0 Å². The summed E-state index contributed by atoms with van der Waals surface area (Å²) in [5.41, 5.74) is 1.48. The molecule has 2 N–H and O–H groups in total. The minimum absolute atomic E-state index is 0.000416. The van der Waals surface area contributed by atoms with E-state index in [4.69, 9.17) is 47.4 Å². The van der Waals surface area contributed by atoms with E-state index in [-0.39, 0.29) is 117 Å². The van der Waals surface area contributed by atoms with Crippen LogP contribution in [0.5, 0.6) is 0 Å². The van der Waals surface area contributed by atoms with Gasteiger partial charge in [-0.25, -0.2) is 4.79 Å². The molecule has 330 valence electrons. The second kappa shape index (κ2) is 16.6. The van der Waals surface area contributed by atoms with Gasteiger partial charge in [0, 0.05) is 58.1 Å². The number of aliphatic hydroxyl groups is 1. The lowest BCUT2D eigenvalue weighted by atomic mass is 9.81. The van der Waals surface area contributed by atoms with Gasteiger partial charge in [0.2, 0.25) is 0 Å². The highest BCUT2D eigenvalue weighted by Gasteiger charge is 2.68. The van der Waals surface area contributed by atoms with E-state index < -0.39 is 41.9 Å². The van der Waals surface area contributed by atoms with Crippen molar-refractivity contribution < 1.29 is 62.1 Å². The first-order chi connectivity index (χ1) is 28.1. The summed E-state index contributed by atoms with van der Waals surface area (Å²) < 4.78 is 65.7. The Morgan fingerprint density at radius 2 is 1.56 bits per heavy atom. The lowest BCUT2D eigenvalue weighted by molar-refractivity contribution is -0.292. The molecule has 10 saturated heterocycles. The first-order valence-corrected chi connectivity index (χ1v) is 22.5. The summed E-state index contributed by atoms with van der Waals surface area (Å²) in [4.78, 5) is 26.6. The fraction of sp³-hybridized carbons (Fsp3) is 0.867. The molecule has 10 aliphatic heterocycles. The number of amides is 1. The summed E-state index contributed by atoms with van der Waals surface area (Å²) in [6.45, 7) is 16.5. The maximum atomic E-state index is 14.2. The van der Waals surface area contributed by atoms with Gasteiger partial charge in [0.1, 0.15) is 41.9 Å². The van der Waals surface area contributed by atoms with Crippen molar-refractivity contribution in [1.29, 1.82) is 0 Å². The predicted molar refractivity (Wildman–Crippen MR) is 211 cm³/mol. The number of methoxy groups -OCH3 is 1. The summed E-state index contributed by atoms with van der Waals surface area (Å²) >= 11 is 0. The molecule has 19 atom stereocenters. The minimum Gasteiger partial charge on any atom is -0.444 e. The molecular weight excluding hydrogens is 762 g/mol. The number of Topliss-reactive ketones (excluding diaryl/α,β-unsaturated/α-hetero) is 1. The monoisotopic (exact) mass is 829 g/mol. The van der Waals surface area contributed by atoms with Gasteiger partial charge in [-0.15, -0.1) is 0 Å². The third kappa shape index (κ3) is 8.71. The van der Waals surface area contributed by atoms with E-state index in [1.807, 2.05) is 0 Å². The third-order valence-electron chi connectivity index (χ3n) is 14.6. The standard InChI is InChI=1S/C45H67NO13/c1-22-14-27-8-10-31-23(2)15-29(51-31)12-13-45-20-36-39(57-45)40-41(56-36)42(58-45)38-32(55-40)11-9-28(53-38)16-25(47)17-30-34(19-33(52-27)24(22)3)54-35(37(30)50-7)18-26(48)21-46-43(49)59-44(4,5)6/h22,26-42,48H,2-3,8-21H2,1,4-7H3,(H,46,49)/t22?,26?,27?,28?,29?,30?,31?,32?,33?,34-,35?,36?,37+,38-,39?,40-,41?,42?,45-/m0/s1. The first-order valence-electron chi connectivity index (χ1n) is 22.5. The van der Waals surface area contributed by atoms with Gasteiger partial charge in [-0.05, 0) is 82.8 Å². The summed E-state index contributed by atoms with van der Waals surface area (Å²) in [6.07, 6.45) is 2.78. The van der Waals surface area contributed by atoms with Crippen molar-refractivity contribution >= 4 is 11.9 Å². The second-order valence-corrected chi connectivity index (χ2v) is 20.1. The summed E-state index contributed by atoms with van der Waals surface area (Å²) in [6, 6.07) is 0. The highest BCUT2D eigenvalue weighted by molar-refractivity contribution is 5.79. The van der Waals surface area contributed by atoms with Crippen LogP contribution in [-0.4, -0.2) is 140 Å². The molecule has 14 heteroatoms. The Morgan fingerprint density at radius 3 is 2.36 bits per heavy atom. The summed E-state index contributed by atoms with van der Waals surface area (Å²) in [7, 11) is 1.63. The molecule has 0 aromatic heterocycles. The number of ether oxygens (including phenoxy) is 10. The molecule has 0 saturated carbocycles. The molecule has 0 aromatic rings. The molecule has 1 amide bonds. The van der Waals surface area contributed by atoms with Crippen LogP contribution in [0, 0.1) is 11.8 Å². The number of carbonyl (C=O) groups excluding carboxylic acids is 2. The Morgan fingerprint density at radius 1 is 0.831 bits per heavy atom. The second-order valence-electron chi connectivity index (χ2n) is 20.1. The predicted octanol–water partition coefficient (Wildman–Crippen LogP) is 5.00. The fourth-order valence-corrected chi connectivity index (χ4v) is 11.8. The van der Waals surface area contributed by atoms with E-state index in [1.165, 1.54) is 0 Å². The van der Waals surface area contributed by atoms with Gasteiger partial charge < -0.3 is 57.8 Å². The van der Waals surface area contributed by atoms with E-state index in [1.54, 1.807) is 27.9 Å². The van der Waals surface area contributed by atoms with E-state index >= 15 is 0 Å². The quantitative estimate of drug-likeness (QED) is 0.357. The molecule has 10 heterocycles. The van der Waals surface area contributed by atoms with Crippen LogP contribution in [0.25, 0.3) is 0 Å². The average molecular weight is 830 g/mol. The van der Waals surface area contributed by atoms with Crippen LogP contribution in [0.4, 0.5) is 4.79 Å². The Hall–Kier alpha value is -1.98.